The Morgan fingerprint density at radius 2 is 1.87 bits per heavy atom. The van der Waals surface area contributed by atoms with Crippen LogP contribution in [0.25, 0.3) is 0 Å². The quantitative estimate of drug-likeness (QED) is 0.766. The molecule has 2 heterocycles. The maximum Gasteiger partial charge on any atom is 0.309 e. The van der Waals surface area contributed by atoms with E-state index in [0.29, 0.717) is 31.5 Å². The number of hydrogen-bond donors (Lipinski definition) is 1. The van der Waals surface area contributed by atoms with Gasteiger partial charge in [0, 0.05) is 25.0 Å². The second-order valence-corrected chi connectivity index (χ2v) is 7.71. The first-order valence-electron chi connectivity index (χ1n) is 10.0. The normalized spacial score (nSPS) is 14.1. The molecule has 156 valence electrons. The van der Waals surface area contributed by atoms with Crippen molar-refractivity contribution in [1.82, 2.24) is 4.98 Å². The lowest BCUT2D eigenvalue weighted by Gasteiger charge is -2.31. The molecule has 2 aromatic rings. The van der Waals surface area contributed by atoms with Gasteiger partial charge in [-0.05, 0) is 56.9 Å². The van der Waals surface area contributed by atoms with Gasteiger partial charge in [0.1, 0.15) is 11.9 Å². The van der Waals surface area contributed by atoms with Crippen LogP contribution in [0.4, 0.5) is 11.5 Å². The van der Waals surface area contributed by atoms with Crippen LogP contribution in [-0.2, 0) is 14.3 Å². The Hall–Kier alpha value is -3.40. The molecule has 0 unspecified atom stereocenters. The number of amides is 1. The summed E-state index contributed by atoms with van der Waals surface area (Å²) >= 11 is 0. The van der Waals surface area contributed by atoms with Crippen molar-refractivity contribution in [2.45, 2.75) is 33.6 Å². The summed E-state index contributed by atoms with van der Waals surface area (Å²) in [6.07, 6.45) is 2.82. The Morgan fingerprint density at radius 3 is 2.43 bits per heavy atom. The summed E-state index contributed by atoms with van der Waals surface area (Å²) in [6, 6.07) is 9.61. The molecule has 7 nitrogen and oxygen atoms in total. The molecular weight excluding hydrogens is 380 g/mol. The molecule has 1 aromatic carbocycles. The number of carbonyl (C=O) groups is 2. The third kappa shape index (κ3) is 5.15. The van der Waals surface area contributed by atoms with Crippen molar-refractivity contribution in [3.63, 3.8) is 0 Å². The molecule has 1 saturated heterocycles. The summed E-state index contributed by atoms with van der Waals surface area (Å²) < 4.78 is 5.27. The summed E-state index contributed by atoms with van der Waals surface area (Å²) in [4.78, 5) is 31.0. The second kappa shape index (κ2) is 9.40. The van der Waals surface area contributed by atoms with Crippen molar-refractivity contribution in [3.05, 3.63) is 52.7 Å². The van der Waals surface area contributed by atoms with Gasteiger partial charge < -0.3 is 15.0 Å². The van der Waals surface area contributed by atoms with Gasteiger partial charge in [0.15, 0.2) is 6.61 Å². The molecule has 1 fully saturated rings. The first-order chi connectivity index (χ1) is 14.4. The number of benzene rings is 1. The zero-order valence-electron chi connectivity index (χ0n) is 17.6. The fourth-order valence-electron chi connectivity index (χ4n) is 3.79. The standard InChI is InChI=1S/C23H26N4O3/c1-15-10-16(2)22(17(3)11-15)26-21(28)14-30-23(29)19-6-8-27(9-7-19)20-5-4-18(12-24)13-25-20/h4-5,10-11,13,19H,6-9,14H2,1-3H3,(H,26,28). The predicted molar refractivity (Wildman–Crippen MR) is 114 cm³/mol. The number of carbonyl (C=O) groups excluding carboxylic acids is 2. The number of aromatic nitrogens is 1. The van der Waals surface area contributed by atoms with Crippen LogP contribution in [0.15, 0.2) is 30.5 Å². The van der Waals surface area contributed by atoms with E-state index in [1.807, 2.05) is 39.0 Å². The van der Waals surface area contributed by atoms with Crippen molar-refractivity contribution < 1.29 is 14.3 Å². The fraction of sp³-hybridized carbons (Fsp3) is 0.391. The van der Waals surface area contributed by atoms with Gasteiger partial charge in [-0.15, -0.1) is 0 Å². The highest BCUT2D eigenvalue weighted by atomic mass is 16.5. The van der Waals surface area contributed by atoms with Crippen LogP contribution >= 0.6 is 0 Å². The van der Waals surface area contributed by atoms with Gasteiger partial charge in [0.2, 0.25) is 0 Å². The predicted octanol–water partition coefficient (Wildman–Crippen LogP) is 3.28. The van der Waals surface area contributed by atoms with Gasteiger partial charge in [-0.25, -0.2) is 4.98 Å². The fourth-order valence-corrected chi connectivity index (χ4v) is 3.79. The lowest BCUT2D eigenvalue weighted by molar-refractivity contribution is -0.152. The van der Waals surface area contributed by atoms with Crippen molar-refractivity contribution in [2.24, 2.45) is 5.92 Å². The van der Waals surface area contributed by atoms with Gasteiger partial charge in [0.25, 0.3) is 5.91 Å². The number of rotatable bonds is 5. The van der Waals surface area contributed by atoms with Gasteiger partial charge >= 0.3 is 5.97 Å². The van der Waals surface area contributed by atoms with Gasteiger partial charge in [-0.2, -0.15) is 5.26 Å². The van der Waals surface area contributed by atoms with Crippen LogP contribution < -0.4 is 10.2 Å². The molecule has 0 radical (unpaired) electrons. The monoisotopic (exact) mass is 406 g/mol. The minimum atomic E-state index is -0.338. The second-order valence-electron chi connectivity index (χ2n) is 7.71. The van der Waals surface area contributed by atoms with Crippen LogP contribution in [0.2, 0.25) is 0 Å². The van der Waals surface area contributed by atoms with E-state index in [1.54, 1.807) is 12.3 Å². The van der Waals surface area contributed by atoms with Crippen LogP contribution in [0, 0.1) is 38.0 Å². The highest BCUT2D eigenvalue weighted by Crippen LogP contribution is 2.24. The molecule has 30 heavy (non-hydrogen) atoms. The Labute approximate surface area is 176 Å². The average Bonchev–Trinajstić information content (AvgIpc) is 2.74. The summed E-state index contributed by atoms with van der Waals surface area (Å²) in [5.74, 6) is -0.105. The molecule has 1 aromatic heterocycles. The molecule has 1 N–H and O–H groups in total. The van der Waals surface area contributed by atoms with Crippen LogP contribution in [0.5, 0.6) is 0 Å². The van der Waals surface area contributed by atoms with E-state index in [9.17, 15) is 9.59 Å². The number of piperidine rings is 1. The average molecular weight is 406 g/mol. The smallest absolute Gasteiger partial charge is 0.309 e. The van der Waals surface area contributed by atoms with Gasteiger partial charge in [-0.3, -0.25) is 9.59 Å². The summed E-state index contributed by atoms with van der Waals surface area (Å²) in [6.45, 7) is 6.95. The lowest BCUT2D eigenvalue weighted by Crippen LogP contribution is -2.38. The van der Waals surface area contributed by atoms with Gasteiger partial charge in [-0.1, -0.05) is 17.7 Å². The van der Waals surface area contributed by atoms with E-state index in [-0.39, 0.29) is 24.4 Å². The van der Waals surface area contributed by atoms with Crippen molar-refractivity contribution in [2.75, 3.05) is 29.9 Å². The molecule has 1 aliphatic heterocycles. The molecule has 7 heteroatoms. The third-order valence-electron chi connectivity index (χ3n) is 5.32. The van der Waals surface area contributed by atoms with Crippen molar-refractivity contribution in [3.8, 4) is 6.07 Å². The maximum absolute atomic E-state index is 12.4. The Kier molecular flexibility index (Phi) is 6.68. The number of nitrogens with zero attached hydrogens (tertiary/aromatic N) is 3. The Balaban J connectivity index is 1.47. The Morgan fingerprint density at radius 1 is 1.20 bits per heavy atom. The largest absolute Gasteiger partial charge is 0.455 e. The number of aryl methyl sites for hydroxylation is 3. The van der Waals surface area contributed by atoms with E-state index in [2.05, 4.69) is 21.3 Å². The number of hydrogen-bond acceptors (Lipinski definition) is 6. The maximum atomic E-state index is 12.4. The topological polar surface area (TPSA) is 95.3 Å². The first kappa shape index (κ1) is 21.3. The summed E-state index contributed by atoms with van der Waals surface area (Å²) in [5, 5.41) is 11.7. The summed E-state index contributed by atoms with van der Waals surface area (Å²) in [5.41, 5.74) is 4.39. The molecule has 3 rings (SSSR count). The van der Waals surface area contributed by atoms with Crippen molar-refractivity contribution >= 4 is 23.4 Å². The zero-order valence-corrected chi connectivity index (χ0v) is 17.6. The number of ether oxygens (including phenoxy) is 1. The number of nitriles is 1. The molecule has 0 atom stereocenters. The number of pyridine rings is 1. The molecule has 0 spiro atoms. The SMILES string of the molecule is Cc1cc(C)c(NC(=O)COC(=O)C2CCN(c3ccc(C#N)cn3)CC2)c(C)c1. The first-order valence-corrected chi connectivity index (χ1v) is 10.0. The van der Waals surface area contributed by atoms with Crippen LogP contribution in [-0.4, -0.2) is 36.6 Å². The van der Waals surface area contributed by atoms with E-state index in [1.165, 1.54) is 0 Å². The molecule has 1 amide bonds. The molecule has 0 bridgehead atoms. The van der Waals surface area contributed by atoms with E-state index in [0.717, 1.165) is 28.2 Å². The lowest BCUT2D eigenvalue weighted by atomic mass is 9.97. The molecule has 0 saturated carbocycles. The minimum absolute atomic E-state index is 0.227. The molecule has 1 aliphatic rings. The van der Waals surface area contributed by atoms with Crippen LogP contribution in [0.1, 0.15) is 35.1 Å². The summed E-state index contributed by atoms with van der Waals surface area (Å²) in [7, 11) is 0. The van der Waals surface area contributed by atoms with E-state index < -0.39 is 0 Å². The van der Waals surface area contributed by atoms with Gasteiger partial charge in [0.05, 0.1) is 11.5 Å². The van der Waals surface area contributed by atoms with Crippen molar-refractivity contribution in [1.29, 1.82) is 5.26 Å². The highest BCUT2D eigenvalue weighted by molar-refractivity contribution is 5.94. The number of nitrogens with one attached hydrogen (secondary N) is 1. The zero-order chi connectivity index (χ0) is 21.7. The Bertz CT molecular complexity index is 948. The third-order valence-corrected chi connectivity index (χ3v) is 5.32. The highest BCUT2D eigenvalue weighted by Gasteiger charge is 2.27. The molecular formula is C23H26N4O3. The molecule has 0 aliphatic carbocycles. The van der Waals surface area contributed by atoms with E-state index in [4.69, 9.17) is 10.00 Å². The minimum Gasteiger partial charge on any atom is -0.455 e. The van der Waals surface area contributed by atoms with Crippen LogP contribution in [0.3, 0.4) is 0 Å². The van der Waals surface area contributed by atoms with E-state index >= 15 is 0 Å². The number of anilines is 2. The number of esters is 1.